The lowest BCUT2D eigenvalue weighted by Gasteiger charge is -2.27. The van der Waals surface area contributed by atoms with Crippen LogP contribution in [0.3, 0.4) is 0 Å². The average molecular weight is 356 g/mol. The van der Waals surface area contributed by atoms with Crippen molar-refractivity contribution in [1.29, 1.82) is 0 Å². The summed E-state index contributed by atoms with van der Waals surface area (Å²) in [5.74, 6) is -0.788. The molecule has 1 amide bonds. The third-order valence-corrected chi connectivity index (χ3v) is 3.58. The second-order valence-electron chi connectivity index (χ2n) is 6.85. The molecule has 1 fully saturated rings. The zero-order chi connectivity index (χ0) is 18.8. The molecule has 0 aromatic heterocycles. The first-order valence-electron chi connectivity index (χ1n) is 7.81. The van der Waals surface area contributed by atoms with E-state index >= 15 is 0 Å². The van der Waals surface area contributed by atoms with Crippen LogP contribution in [0.2, 0.25) is 0 Å². The van der Waals surface area contributed by atoms with E-state index in [1.807, 2.05) is 0 Å². The molecule has 0 saturated carbocycles. The summed E-state index contributed by atoms with van der Waals surface area (Å²) in [6, 6.07) is 2.46. The molecule has 1 N–H and O–H groups in total. The predicted molar refractivity (Wildman–Crippen MR) is 85.9 cm³/mol. The molecule has 0 bridgehead atoms. The smallest absolute Gasteiger partial charge is 0.410 e. The van der Waals surface area contributed by atoms with Crippen LogP contribution < -0.4 is 4.74 Å². The molecule has 8 nitrogen and oxygen atoms in total. The third kappa shape index (κ3) is 5.02. The van der Waals surface area contributed by atoms with Gasteiger partial charge in [0.25, 0.3) is 5.69 Å². The van der Waals surface area contributed by atoms with Crippen LogP contribution >= 0.6 is 0 Å². The number of ether oxygens (including phenoxy) is 2. The van der Waals surface area contributed by atoms with E-state index in [-0.39, 0.29) is 18.9 Å². The second kappa shape index (κ2) is 7.22. The van der Waals surface area contributed by atoms with E-state index in [0.29, 0.717) is 6.42 Å². The molecule has 9 heteroatoms. The second-order valence-corrected chi connectivity index (χ2v) is 6.85. The number of hydrogen-bond donors (Lipinski definition) is 1. The molecule has 1 aromatic carbocycles. The first-order chi connectivity index (χ1) is 11.6. The van der Waals surface area contributed by atoms with Crippen molar-refractivity contribution in [3.05, 3.63) is 34.1 Å². The van der Waals surface area contributed by atoms with Gasteiger partial charge in [0.05, 0.1) is 36.2 Å². The maximum absolute atomic E-state index is 13.5. The van der Waals surface area contributed by atoms with Gasteiger partial charge in [-0.05, 0) is 20.8 Å². The minimum absolute atomic E-state index is 0.000529. The number of rotatable bonds is 4. The van der Waals surface area contributed by atoms with Crippen LogP contribution in [0.25, 0.3) is 0 Å². The number of aliphatic hydroxyl groups excluding tert-OH is 1. The molecule has 0 aliphatic carbocycles. The summed E-state index contributed by atoms with van der Waals surface area (Å²) in [4.78, 5) is 23.6. The Morgan fingerprint density at radius 1 is 1.44 bits per heavy atom. The lowest BCUT2D eigenvalue weighted by Crippen LogP contribution is -2.41. The van der Waals surface area contributed by atoms with Gasteiger partial charge in [-0.1, -0.05) is 0 Å². The number of likely N-dealkylation sites (tertiary alicyclic amines) is 1. The van der Waals surface area contributed by atoms with E-state index in [1.165, 1.54) is 4.90 Å². The summed E-state index contributed by atoms with van der Waals surface area (Å²) >= 11 is 0. The lowest BCUT2D eigenvalue weighted by atomic mass is 10.2. The first-order valence-corrected chi connectivity index (χ1v) is 7.81. The van der Waals surface area contributed by atoms with Gasteiger partial charge in [-0.2, -0.15) is 0 Å². The summed E-state index contributed by atoms with van der Waals surface area (Å²) in [5, 5.41) is 20.3. The molecule has 2 rings (SSSR count). The van der Waals surface area contributed by atoms with Crippen molar-refractivity contribution in [2.75, 3.05) is 13.2 Å². The predicted octanol–water partition coefficient (Wildman–Crippen LogP) is 2.48. The minimum Gasteiger partial charge on any atom is -0.488 e. The Morgan fingerprint density at radius 2 is 2.12 bits per heavy atom. The van der Waals surface area contributed by atoms with Gasteiger partial charge in [0.15, 0.2) is 0 Å². The zero-order valence-corrected chi connectivity index (χ0v) is 14.3. The van der Waals surface area contributed by atoms with Gasteiger partial charge >= 0.3 is 6.09 Å². The number of benzene rings is 1. The van der Waals surface area contributed by atoms with E-state index in [4.69, 9.17) is 9.47 Å². The Hall–Kier alpha value is -2.42. The SMILES string of the molecule is CC(C)(C)OC(=O)N1C[C@H](Oc2cc(F)cc([N+](=O)[O-])c2)C[C@@H]1CO. The summed E-state index contributed by atoms with van der Waals surface area (Å²) in [7, 11) is 0. The maximum Gasteiger partial charge on any atom is 0.410 e. The molecule has 0 spiro atoms. The summed E-state index contributed by atoms with van der Waals surface area (Å²) in [6.45, 7) is 5.05. The quantitative estimate of drug-likeness (QED) is 0.657. The molecule has 138 valence electrons. The number of aliphatic hydroxyl groups is 1. The molecule has 1 heterocycles. The molecular formula is C16H21FN2O6. The zero-order valence-electron chi connectivity index (χ0n) is 14.3. The number of carbonyl (C=O) groups is 1. The number of nitrogens with zero attached hydrogens (tertiary/aromatic N) is 2. The summed E-state index contributed by atoms with van der Waals surface area (Å²) in [6.07, 6.45) is -0.811. The van der Waals surface area contributed by atoms with Crippen molar-refractivity contribution in [1.82, 2.24) is 4.90 Å². The van der Waals surface area contributed by atoms with Gasteiger partial charge in [0, 0.05) is 12.5 Å². The van der Waals surface area contributed by atoms with Gasteiger partial charge < -0.3 is 14.6 Å². The monoisotopic (exact) mass is 356 g/mol. The average Bonchev–Trinajstić information content (AvgIpc) is 2.88. The Balaban J connectivity index is 2.10. The van der Waals surface area contributed by atoms with E-state index in [2.05, 4.69) is 0 Å². The molecule has 1 aromatic rings. The summed E-state index contributed by atoms with van der Waals surface area (Å²) < 4.78 is 24.4. The van der Waals surface area contributed by atoms with Crippen LogP contribution in [0.15, 0.2) is 18.2 Å². The van der Waals surface area contributed by atoms with E-state index in [1.54, 1.807) is 20.8 Å². The topological polar surface area (TPSA) is 102 Å². The highest BCUT2D eigenvalue weighted by Crippen LogP contribution is 2.27. The first kappa shape index (κ1) is 18.9. The van der Waals surface area contributed by atoms with Crippen LogP contribution in [0.1, 0.15) is 27.2 Å². The van der Waals surface area contributed by atoms with Crippen LogP contribution in [-0.4, -0.2) is 51.9 Å². The Morgan fingerprint density at radius 3 is 2.68 bits per heavy atom. The number of nitro groups is 1. The van der Waals surface area contributed by atoms with Crippen molar-refractivity contribution in [3.8, 4) is 5.75 Å². The van der Waals surface area contributed by atoms with Crippen molar-refractivity contribution in [2.45, 2.75) is 44.9 Å². The fourth-order valence-electron chi connectivity index (χ4n) is 2.59. The highest BCUT2D eigenvalue weighted by Gasteiger charge is 2.38. The number of halogens is 1. The standard InChI is InChI=1S/C16H21FN2O6/c1-16(2,3)25-15(21)18-8-14(7-12(18)9-20)24-13-5-10(17)4-11(6-13)19(22)23/h4-6,12,14,20H,7-9H2,1-3H3/t12-,14-/m1/s1. The fraction of sp³-hybridized carbons (Fsp3) is 0.562. The van der Waals surface area contributed by atoms with Gasteiger partial charge in [-0.25, -0.2) is 9.18 Å². The van der Waals surface area contributed by atoms with Crippen LogP contribution in [-0.2, 0) is 4.74 Å². The molecular weight excluding hydrogens is 335 g/mol. The third-order valence-electron chi connectivity index (χ3n) is 3.58. The molecule has 1 aliphatic heterocycles. The van der Waals surface area contributed by atoms with Gasteiger partial charge in [0.1, 0.15) is 23.3 Å². The summed E-state index contributed by atoms with van der Waals surface area (Å²) in [5.41, 5.74) is -1.10. The van der Waals surface area contributed by atoms with Crippen molar-refractivity contribution in [3.63, 3.8) is 0 Å². The van der Waals surface area contributed by atoms with Gasteiger partial charge in [-0.15, -0.1) is 0 Å². The van der Waals surface area contributed by atoms with Crippen LogP contribution in [0.4, 0.5) is 14.9 Å². The number of amides is 1. The van der Waals surface area contributed by atoms with Gasteiger partial charge in [0.2, 0.25) is 0 Å². The normalized spacial score (nSPS) is 20.4. The molecule has 0 radical (unpaired) electrons. The fourth-order valence-corrected chi connectivity index (χ4v) is 2.59. The van der Waals surface area contributed by atoms with Crippen molar-refractivity contribution >= 4 is 11.8 Å². The Labute approximate surface area is 144 Å². The van der Waals surface area contributed by atoms with Gasteiger partial charge in [-0.3, -0.25) is 15.0 Å². The Bertz CT molecular complexity index is 661. The van der Waals surface area contributed by atoms with Crippen molar-refractivity contribution in [2.24, 2.45) is 0 Å². The molecule has 1 aliphatic rings. The lowest BCUT2D eigenvalue weighted by molar-refractivity contribution is -0.385. The Kier molecular flexibility index (Phi) is 5.46. The number of carbonyl (C=O) groups excluding carboxylic acids is 1. The van der Waals surface area contributed by atoms with Crippen LogP contribution in [0.5, 0.6) is 5.75 Å². The molecule has 0 unspecified atom stereocenters. The molecule has 1 saturated heterocycles. The molecule has 25 heavy (non-hydrogen) atoms. The highest BCUT2D eigenvalue weighted by atomic mass is 19.1. The maximum atomic E-state index is 13.5. The largest absolute Gasteiger partial charge is 0.488 e. The number of hydrogen-bond acceptors (Lipinski definition) is 6. The van der Waals surface area contributed by atoms with E-state index in [9.17, 15) is 24.4 Å². The number of nitro benzene ring substituents is 1. The highest BCUT2D eigenvalue weighted by molar-refractivity contribution is 5.69. The molecule has 2 atom stereocenters. The number of non-ortho nitro benzene ring substituents is 1. The van der Waals surface area contributed by atoms with E-state index < -0.39 is 40.3 Å². The minimum atomic E-state index is -0.787. The van der Waals surface area contributed by atoms with E-state index in [0.717, 1.165) is 18.2 Å². The van der Waals surface area contributed by atoms with Crippen molar-refractivity contribution < 1.29 is 28.7 Å². The van der Waals surface area contributed by atoms with Crippen LogP contribution in [0, 0.1) is 15.9 Å².